The van der Waals surface area contributed by atoms with Crippen molar-refractivity contribution in [3.63, 3.8) is 0 Å². The van der Waals surface area contributed by atoms with Crippen molar-refractivity contribution in [3.05, 3.63) is 0 Å². The minimum atomic E-state index is -1.02. The number of nitrogens with two attached hydrogens (primary N) is 2. The zero-order valence-electron chi connectivity index (χ0n) is 4.49. The average Bonchev–Trinajstić information content (AvgIpc) is 1.63. The van der Waals surface area contributed by atoms with Gasteiger partial charge in [0.25, 0.3) is 0 Å². The van der Waals surface area contributed by atoms with E-state index in [-0.39, 0.29) is 0 Å². The summed E-state index contributed by atoms with van der Waals surface area (Å²) >= 11 is 0. The highest BCUT2D eigenvalue weighted by Crippen LogP contribution is 1.72. The number of amides is 2. The van der Waals surface area contributed by atoms with Crippen LogP contribution in [-0.4, -0.2) is 19.9 Å². The van der Waals surface area contributed by atoms with Gasteiger partial charge >= 0.3 is 19.9 Å². The van der Waals surface area contributed by atoms with E-state index in [9.17, 15) is 9.59 Å². The Morgan fingerprint density at radius 2 is 1.44 bits per heavy atom. The second-order valence-electron chi connectivity index (χ2n) is 1.04. The first-order valence-electron chi connectivity index (χ1n) is 1.97. The molecule has 0 aliphatic heterocycles. The van der Waals surface area contributed by atoms with Gasteiger partial charge in [-0.1, -0.05) is 0 Å². The zero-order chi connectivity index (χ0) is 7.28. The monoisotopic (exact) mass is 132 g/mol. The summed E-state index contributed by atoms with van der Waals surface area (Å²) in [6.45, 7) is 0. The summed E-state index contributed by atoms with van der Waals surface area (Å²) in [7, 11) is -0.537. The Bertz CT molecular complexity index is 112. The lowest BCUT2D eigenvalue weighted by Gasteiger charge is -1.96. The van der Waals surface area contributed by atoms with E-state index in [0.717, 1.165) is 0 Å². The molecule has 0 saturated carbocycles. The fourth-order valence-electron chi connectivity index (χ4n) is 0.146. The molecule has 50 valence electrons. The normalized spacial score (nSPS) is 7.56. The summed E-state index contributed by atoms with van der Waals surface area (Å²) < 4.78 is 7.94. The van der Waals surface area contributed by atoms with Crippen LogP contribution >= 0.6 is 0 Å². The summed E-state index contributed by atoms with van der Waals surface area (Å²) in [5, 5.41) is 0. The van der Waals surface area contributed by atoms with Crippen molar-refractivity contribution in [2.75, 3.05) is 0 Å². The highest BCUT2D eigenvalue weighted by Gasteiger charge is 2.00. The smallest absolute Gasteiger partial charge is 0.485 e. The van der Waals surface area contributed by atoms with Crippen molar-refractivity contribution < 1.29 is 18.9 Å². The molecule has 6 nitrogen and oxygen atoms in total. The lowest BCUT2D eigenvalue weighted by atomic mass is 10.4. The molecule has 0 aliphatic rings. The molecule has 4 N–H and O–H groups in total. The maximum atomic E-state index is 9.75. The van der Waals surface area contributed by atoms with E-state index in [1.807, 2.05) is 0 Å². The molecule has 2 amide bonds. The van der Waals surface area contributed by atoms with Gasteiger partial charge in [0, 0.05) is 0 Å². The van der Waals surface area contributed by atoms with Gasteiger partial charge in [-0.15, -0.1) is 0 Å². The molecule has 0 aromatic rings. The zero-order valence-corrected chi connectivity index (χ0v) is 4.49. The third kappa shape index (κ3) is 6.60. The average molecular weight is 132 g/mol. The van der Waals surface area contributed by atoms with Crippen LogP contribution in [0.1, 0.15) is 0 Å². The molecular weight excluding hydrogens is 127 g/mol. The lowest BCUT2D eigenvalue weighted by molar-refractivity contribution is 0.190. The first kappa shape index (κ1) is 7.60. The molecule has 0 radical (unpaired) electrons. The molecule has 0 unspecified atom stereocenters. The van der Waals surface area contributed by atoms with Crippen LogP contribution in [0.2, 0.25) is 0 Å². The number of rotatable bonds is 2. The van der Waals surface area contributed by atoms with E-state index in [1.54, 1.807) is 0 Å². The maximum absolute atomic E-state index is 9.75. The third-order valence-corrected chi connectivity index (χ3v) is 0.402. The number of primary amides is 2. The summed E-state index contributed by atoms with van der Waals surface area (Å²) in [5.41, 5.74) is 8.97. The van der Waals surface area contributed by atoms with Crippen molar-refractivity contribution in [2.45, 2.75) is 0 Å². The fourth-order valence-corrected chi connectivity index (χ4v) is 0.146. The van der Waals surface area contributed by atoms with Crippen LogP contribution in [-0.2, 0) is 9.31 Å². The van der Waals surface area contributed by atoms with Crippen LogP contribution in [0.4, 0.5) is 9.59 Å². The highest BCUT2D eigenvalue weighted by atomic mass is 16.6. The molecule has 0 aromatic carbocycles. The summed E-state index contributed by atoms with van der Waals surface area (Å²) in [6.07, 6.45) is -2.03. The van der Waals surface area contributed by atoms with E-state index in [2.05, 4.69) is 20.8 Å². The maximum Gasteiger partial charge on any atom is 0.582 e. The van der Waals surface area contributed by atoms with Gasteiger partial charge in [0.2, 0.25) is 0 Å². The summed E-state index contributed by atoms with van der Waals surface area (Å²) in [6, 6.07) is 0. The highest BCUT2D eigenvalue weighted by molar-refractivity contribution is 6.25. The van der Waals surface area contributed by atoms with Crippen molar-refractivity contribution in [3.8, 4) is 0 Å². The molecule has 0 spiro atoms. The molecule has 0 aromatic heterocycles. The SMILES string of the molecule is NC(=O)OBOC(N)=O. The van der Waals surface area contributed by atoms with Crippen molar-refractivity contribution in [1.29, 1.82) is 0 Å². The Kier molecular flexibility index (Phi) is 3.03. The van der Waals surface area contributed by atoms with E-state index in [1.165, 1.54) is 0 Å². The van der Waals surface area contributed by atoms with Crippen LogP contribution < -0.4 is 11.5 Å². The van der Waals surface area contributed by atoms with Gasteiger partial charge in [-0.25, -0.2) is 9.59 Å². The van der Waals surface area contributed by atoms with E-state index in [4.69, 9.17) is 0 Å². The molecular formula is C2H5BN2O4. The summed E-state index contributed by atoms with van der Waals surface area (Å²) in [5.74, 6) is 0. The Hall–Kier alpha value is -1.40. The Balaban J connectivity index is 3.10. The molecule has 9 heavy (non-hydrogen) atoms. The van der Waals surface area contributed by atoms with E-state index in [0.29, 0.717) is 0 Å². The van der Waals surface area contributed by atoms with E-state index < -0.39 is 19.9 Å². The van der Waals surface area contributed by atoms with Crippen LogP contribution in [0.3, 0.4) is 0 Å². The standard InChI is InChI=1S/C2H5BN2O4/c4-1(6)8-3-9-2(5)7/h3H,(H2,4,6)(H2,5,7). The first-order chi connectivity index (χ1) is 4.13. The van der Waals surface area contributed by atoms with Gasteiger partial charge < -0.3 is 20.8 Å². The molecule has 0 bridgehead atoms. The minimum Gasteiger partial charge on any atom is -0.485 e. The number of hydrogen-bond donors (Lipinski definition) is 2. The predicted molar refractivity (Wildman–Crippen MR) is 28.5 cm³/mol. The van der Waals surface area contributed by atoms with Gasteiger partial charge in [-0.2, -0.15) is 0 Å². The van der Waals surface area contributed by atoms with Gasteiger partial charge in [0.1, 0.15) is 0 Å². The van der Waals surface area contributed by atoms with E-state index >= 15 is 0 Å². The number of carbonyl (C=O) groups is 2. The molecule has 0 rings (SSSR count). The van der Waals surface area contributed by atoms with Crippen molar-refractivity contribution in [2.24, 2.45) is 11.5 Å². The summed E-state index contributed by atoms with van der Waals surface area (Å²) in [4.78, 5) is 19.5. The second-order valence-corrected chi connectivity index (χ2v) is 1.04. The molecule has 7 heteroatoms. The topological polar surface area (TPSA) is 105 Å². The van der Waals surface area contributed by atoms with Crippen molar-refractivity contribution in [1.82, 2.24) is 0 Å². The number of carbonyl (C=O) groups excluding carboxylic acids is 2. The molecule has 0 aliphatic carbocycles. The Morgan fingerprint density at radius 1 is 1.11 bits per heavy atom. The Morgan fingerprint density at radius 3 is 1.67 bits per heavy atom. The van der Waals surface area contributed by atoms with Crippen molar-refractivity contribution >= 4 is 19.9 Å². The first-order valence-corrected chi connectivity index (χ1v) is 1.97. The fraction of sp³-hybridized carbons (Fsp3) is 0. The third-order valence-electron chi connectivity index (χ3n) is 0.402. The van der Waals surface area contributed by atoms with Gasteiger partial charge in [-0.3, -0.25) is 0 Å². The lowest BCUT2D eigenvalue weighted by Crippen LogP contribution is -2.22. The minimum absolute atomic E-state index is 0.537. The molecule has 0 heterocycles. The number of hydrogen-bond acceptors (Lipinski definition) is 4. The van der Waals surface area contributed by atoms with Crippen LogP contribution in [0.25, 0.3) is 0 Å². The quantitative estimate of drug-likeness (QED) is 0.443. The van der Waals surface area contributed by atoms with Crippen LogP contribution in [0.15, 0.2) is 0 Å². The predicted octanol–water partition coefficient (Wildman–Crippen LogP) is -1.56. The van der Waals surface area contributed by atoms with Gasteiger partial charge in [-0.05, 0) is 0 Å². The van der Waals surface area contributed by atoms with Crippen LogP contribution in [0.5, 0.6) is 0 Å². The molecule has 0 fully saturated rings. The molecule has 0 saturated heterocycles. The van der Waals surface area contributed by atoms with Gasteiger partial charge in [0.15, 0.2) is 0 Å². The largest absolute Gasteiger partial charge is 0.582 e. The molecule has 0 atom stereocenters. The van der Waals surface area contributed by atoms with Crippen LogP contribution in [0, 0.1) is 0 Å². The Labute approximate surface area is 51.4 Å². The second kappa shape index (κ2) is 3.59. The van der Waals surface area contributed by atoms with Gasteiger partial charge in [0.05, 0.1) is 0 Å².